The summed E-state index contributed by atoms with van der Waals surface area (Å²) in [5.74, 6) is 0.858. The molecular formula is C20H27F3N2O3. The average molecular weight is 400 g/mol. The van der Waals surface area contributed by atoms with Crippen molar-refractivity contribution < 1.29 is 27.1 Å². The van der Waals surface area contributed by atoms with Crippen LogP contribution in [0.1, 0.15) is 44.1 Å². The van der Waals surface area contributed by atoms with Crippen LogP contribution in [0.2, 0.25) is 0 Å². The van der Waals surface area contributed by atoms with E-state index in [0.29, 0.717) is 30.1 Å². The highest BCUT2D eigenvalue weighted by Crippen LogP contribution is 2.40. The summed E-state index contributed by atoms with van der Waals surface area (Å²) in [4.78, 5) is 13.8. The number of halogens is 3. The number of alkyl halides is 3. The minimum atomic E-state index is -4.45. The Hall–Kier alpha value is -1.54. The van der Waals surface area contributed by atoms with Gasteiger partial charge in [-0.3, -0.25) is 9.69 Å². The molecule has 0 unspecified atom stereocenters. The molecule has 2 heterocycles. The molecule has 1 amide bonds. The Balaban J connectivity index is 1.36. The molecule has 1 aromatic heterocycles. The summed E-state index contributed by atoms with van der Waals surface area (Å²) in [5.41, 5.74) is 0. The molecule has 1 saturated heterocycles. The van der Waals surface area contributed by atoms with Crippen LogP contribution in [-0.4, -0.2) is 42.6 Å². The highest BCUT2D eigenvalue weighted by molar-refractivity contribution is 5.73. The molecule has 5 nitrogen and oxygen atoms in total. The molecule has 1 aliphatic heterocycles. The molecule has 3 aliphatic rings. The lowest BCUT2D eigenvalue weighted by Crippen LogP contribution is -2.50. The van der Waals surface area contributed by atoms with Crippen LogP contribution in [0.5, 0.6) is 0 Å². The first-order valence-electron chi connectivity index (χ1n) is 10.0. The fourth-order valence-electron chi connectivity index (χ4n) is 4.62. The SMILES string of the molecule is CC(=O)N[C@@H]1C[C@@H]2CN(Cc3ccc(C(F)(F)F)o3)C[C@@H]2C[C@H]1OCC1CC1. The highest BCUT2D eigenvalue weighted by Gasteiger charge is 2.43. The molecule has 2 saturated carbocycles. The lowest BCUT2D eigenvalue weighted by molar-refractivity contribution is -0.153. The van der Waals surface area contributed by atoms with Crippen molar-refractivity contribution in [1.29, 1.82) is 0 Å². The Morgan fingerprint density at radius 3 is 2.57 bits per heavy atom. The third-order valence-electron chi connectivity index (χ3n) is 6.14. The molecule has 8 heteroatoms. The third-order valence-corrected chi connectivity index (χ3v) is 6.14. The van der Waals surface area contributed by atoms with Crippen LogP contribution in [0.3, 0.4) is 0 Å². The summed E-state index contributed by atoms with van der Waals surface area (Å²) in [6.07, 6.45) is -0.256. The van der Waals surface area contributed by atoms with Gasteiger partial charge in [0.05, 0.1) is 18.7 Å². The maximum Gasteiger partial charge on any atom is 0.449 e. The number of amides is 1. The van der Waals surface area contributed by atoms with Crippen LogP contribution in [0.4, 0.5) is 13.2 Å². The van der Waals surface area contributed by atoms with Crippen molar-refractivity contribution in [2.75, 3.05) is 19.7 Å². The number of nitrogens with zero attached hydrogens (tertiary/aromatic N) is 1. The molecule has 0 aromatic carbocycles. The number of hydrogen-bond acceptors (Lipinski definition) is 4. The second-order valence-electron chi connectivity index (χ2n) is 8.57. The molecule has 3 fully saturated rings. The number of ether oxygens (including phenoxy) is 1. The fourth-order valence-corrected chi connectivity index (χ4v) is 4.62. The number of hydrogen-bond donors (Lipinski definition) is 1. The number of carbonyl (C=O) groups excluding carboxylic acids is 1. The Labute approximate surface area is 162 Å². The predicted molar refractivity (Wildman–Crippen MR) is 95.3 cm³/mol. The topological polar surface area (TPSA) is 54.7 Å². The van der Waals surface area contributed by atoms with Gasteiger partial charge in [0.1, 0.15) is 5.76 Å². The normalized spacial score (nSPS) is 31.0. The van der Waals surface area contributed by atoms with E-state index >= 15 is 0 Å². The molecule has 1 N–H and O–H groups in total. The number of furan rings is 1. The highest BCUT2D eigenvalue weighted by atomic mass is 19.4. The van der Waals surface area contributed by atoms with Crippen LogP contribution < -0.4 is 5.32 Å². The standard InChI is InChI=1S/C20H27F3N2O3/c1-12(26)24-17-6-14-8-25(10-16-4-5-19(28-16)20(21,22)23)9-15(14)7-18(17)27-11-13-2-3-13/h4-5,13-15,17-18H,2-3,6-11H2,1H3,(H,24,26)/t14-,15+,17-,18-/m1/s1. The predicted octanol–water partition coefficient (Wildman–Crippen LogP) is 3.44. The van der Waals surface area contributed by atoms with Gasteiger partial charge in [-0.2, -0.15) is 13.2 Å². The van der Waals surface area contributed by atoms with Gasteiger partial charge in [-0.15, -0.1) is 0 Å². The number of likely N-dealkylation sites (tertiary alicyclic amines) is 1. The molecule has 0 radical (unpaired) electrons. The Kier molecular flexibility index (Phi) is 5.44. The zero-order valence-corrected chi connectivity index (χ0v) is 16.0. The van der Waals surface area contributed by atoms with Crippen LogP contribution in [0.15, 0.2) is 16.5 Å². The van der Waals surface area contributed by atoms with E-state index < -0.39 is 11.9 Å². The maximum absolute atomic E-state index is 12.7. The van der Waals surface area contributed by atoms with Gasteiger partial charge in [0.15, 0.2) is 0 Å². The van der Waals surface area contributed by atoms with Gasteiger partial charge >= 0.3 is 6.18 Å². The van der Waals surface area contributed by atoms with Gasteiger partial charge in [0.25, 0.3) is 0 Å². The minimum Gasteiger partial charge on any atom is -0.455 e. The molecular weight excluding hydrogens is 373 g/mol. The minimum absolute atomic E-state index is 0.0119. The summed E-state index contributed by atoms with van der Waals surface area (Å²) in [6.45, 7) is 4.29. The molecule has 1 aromatic rings. The Bertz CT molecular complexity index is 701. The molecule has 4 atom stereocenters. The van der Waals surface area contributed by atoms with Crippen LogP contribution >= 0.6 is 0 Å². The Morgan fingerprint density at radius 2 is 1.96 bits per heavy atom. The first kappa shape index (κ1) is 19.8. The van der Waals surface area contributed by atoms with Crippen molar-refractivity contribution in [2.45, 2.75) is 57.5 Å². The van der Waals surface area contributed by atoms with Crippen LogP contribution in [-0.2, 0) is 22.3 Å². The van der Waals surface area contributed by atoms with E-state index in [0.717, 1.165) is 38.6 Å². The van der Waals surface area contributed by atoms with Gasteiger partial charge in [0.2, 0.25) is 11.7 Å². The molecule has 156 valence electrons. The first-order valence-corrected chi connectivity index (χ1v) is 10.0. The average Bonchev–Trinajstić information content (AvgIpc) is 3.15. The van der Waals surface area contributed by atoms with Crippen molar-refractivity contribution in [3.8, 4) is 0 Å². The van der Waals surface area contributed by atoms with Crippen LogP contribution in [0, 0.1) is 17.8 Å². The maximum atomic E-state index is 12.7. The van der Waals surface area contributed by atoms with Gasteiger partial charge < -0.3 is 14.5 Å². The molecule has 2 aliphatic carbocycles. The molecule has 0 spiro atoms. The number of rotatable bonds is 6. The van der Waals surface area contributed by atoms with Crippen LogP contribution in [0.25, 0.3) is 0 Å². The summed E-state index contributed by atoms with van der Waals surface area (Å²) in [7, 11) is 0. The molecule has 0 bridgehead atoms. The Morgan fingerprint density at radius 1 is 1.25 bits per heavy atom. The first-order chi connectivity index (χ1) is 13.3. The van der Waals surface area contributed by atoms with Crippen molar-refractivity contribution in [3.63, 3.8) is 0 Å². The zero-order chi connectivity index (χ0) is 19.9. The smallest absolute Gasteiger partial charge is 0.449 e. The van der Waals surface area contributed by atoms with Crippen molar-refractivity contribution in [2.24, 2.45) is 17.8 Å². The van der Waals surface area contributed by atoms with E-state index in [1.165, 1.54) is 25.8 Å². The lowest BCUT2D eigenvalue weighted by atomic mass is 9.77. The van der Waals surface area contributed by atoms with Crippen molar-refractivity contribution >= 4 is 5.91 Å². The van der Waals surface area contributed by atoms with Crippen molar-refractivity contribution in [1.82, 2.24) is 10.2 Å². The fraction of sp³-hybridized carbons (Fsp3) is 0.750. The van der Waals surface area contributed by atoms with E-state index in [-0.39, 0.29) is 18.1 Å². The number of carbonyl (C=O) groups is 1. The second kappa shape index (κ2) is 7.71. The zero-order valence-electron chi connectivity index (χ0n) is 16.0. The lowest BCUT2D eigenvalue weighted by Gasteiger charge is -2.38. The van der Waals surface area contributed by atoms with E-state index in [2.05, 4.69) is 10.2 Å². The third kappa shape index (κ3) is 4.71. The van der Waals surface area contributed by atoms with Gasteiger partial charge in [-0.05, 0) is 55.6 Å². The molecule has 4 rings (SSSR count). The summed E-state index contributed by atoms with van der Waals surface area (Å²) in [6, 6.07) is 2.41. The largest absolute Gasteiger partial charge is 0.455 e. The van der Waals surface area contributed by atoms with E-state index in [1.54, 1.807) is 0 Å². The van der Waals surface area contributed by atoms with E-state index in [4.69, 9.17) is 9.15 Å². The monoisotopic (exact) mass is 400 g/mol. The van der Waals surface area contributed by atoms with Gasteiger partial charge in [-0.25, -0.2) is 0 Å². The summed E-state index contributed by atoms with van der Waals surface area (Å²) < 4.78 is 49.3. The van der Waals surface area contributed by atoms with E-state index in [9.17, 15) is 18.0 Å². The van der Waals surface area contributed by atoms with Gasteiger partial charge in [-0.1, -0.05) is 0 Å². The summed E-state index contributed by atoms with van der Waals surface area (Å²) >= 11 is 0. The quantitative estimate of drug-likeness (QED) is 0.795. The van der Waals surface area contributed by atoms with E-state index in [1.807, 2.05) is 0 Å². The summed E-state index contributed by atoms with van der Waals surface area (Å²) in [5, 5.41) is 3.05. The van der Waals surface area contributed by atoms with Gasteiger partial charge in [0, 0.05) is 26.6 Å². The molecule has 28 heavy (non-hydrogen) atoms. The second-order valence-corrected chi connectivity index (χ2v) is 8.57. The number of nitrogens with one attached hydrogen (secondary N) is 1. The number of fused-ring (bicyclic) bond motifs is 1. The van der Waals surface area contributed by atoms with Crippen molar-refractivity contribution in [3.05, 3.63) is 23.7 Å².